The van der Waals surface area contributed by atoms with E-state index in [0.29, 0.717) is 5.69 Å². The number of carboxylic acids is 1. The maximum atomic E-state index is 12.7. The molecule has 0 bridgehead atoms. The van der Waals surface area contributed by atoms with Crippen molar-refractivity contribution in [2.75, 3.05) is 25.0 Å². The Balaban J connectivity index is 1.79. The van der Waals surface area contributed by atoms with Gasteiger partial charge < -0.3 is 15.3 Å². The molecule has 1 aliphatic carbocycles. The predicted molar refractivity (Wildman–Crippen MR) is 79.5 cm³/mol. The van der Waals surface area contributed by atoms with Gasteiger partial charge in [-0.1, -0.05) is 12.1 Å². The quantitative estimate of drug-likeness (QED) is 0.889. The first-order chi connectivity index (χ1) is 10.1. The van der Waals surface area contributed by atoms with Crippen LogP contribution in [0.4, 0.5) is 5.69 Å². The van der Waals surface area contributed by atoms with Crippen LogP contribution in [0.25, 0.3) is 0 Å². The number of aromatic carboxylic acids is 1. The Hall–Kier alpha value is -1.88. The highest BCUT2D eigenvalue weighted by atomic mass is 16.4. The van der Waals surface area contributed by atoms with Crippen molar-refractivity contribution in [3.63, 3.8) is 0 Å². The molecule has 1 atom stereocenters. The zero-order valence-corrected chi connectivity index (χ0v) is 12.1. The minimum Gasteiger partial charge on any atom is -0.478 e. The average molecular weight is 288 g/mol. The van der Waals surface area contributed by atoms with Crippen LogP contribution in [0.3, 0.4) is 0 Å². The van der Waals surface area contributed by atoms with E-state index in [4.69, 9.17) is 0 Å². The summed E-state index contributed by atoms with van der Waals surface area (Å²) < 4.78 is 0. The molecule has 1 unspecified atom stereocenters. The van der Waals surface area contributed by atoms with Gasteiger partial charge in [0, 0.05) is 13.0 Å². The molecule has 112 valence electrons. The van der Waals surface area contributed by atoms with Crippen LogP contribution >= 0.6 is 0 Å². The van der Waals surface area contributed by atoms with E-state index in [1.165, 1.54) is 11.0 Å². The number of nitrogens with zero attached hydrogens (tertiary/aromatic N) is 1. The van der Waals surface area contributed by atoms with Crippen LogP contribution < -0.4 is 10.2 Å². The number of carbonyl (C=O) groups excluding carboxylic acids is 1. The van der Waals surface area contributed by atoms with E-state index in [9.17, 15) is 14.7 Å². The van der Waals surface area contributed by atoms with Crippen molar-refractivity contribution < 1.29 is 14.7 Å². The van der Waals surface area contributed by atoms with Crippen molar-refractivity contribution in [2.24, 2.45) is 11.3 Å². The topological polar surface area (TPSA) is 69.6 Å². The van der Waals surface area contributed by atoms with Crippen molar-refractivity contribution in [1.29, 1.82) is 0 Å². The van der Waals surface area contributed by atoms with Crippen LogP contribution in [-0.2, 0) is 4.79 Å². The van der Waals surface area contributed by atoms with Gasteiger partial charge in [-0.2, -0.15) is 0 Å². The van der Waals surface area contributed by atoms with Crippen LogP contribution in [-0.4, -0.2) is 37.1 Å². The van der Waals surface area contributed by atoms with Gasteiger partial charge in [-0.25, -0.2) is 4.79 Å². The summed E-state index contributed by atoms with van der Waals surface area (Å²) in [6, 6.07) is 6.67. The number of para-hydroxylation sites is 1. The molecule has 1 spiro atoms. The number of benzene rings is 1. The third-order valence-corrected chi connectivity index (χ3v) is 4.91. The van der Waals surface area contributed by atoms with Gasteiger partial charge >= 0.3 is 5.97 Å². The first-order valence-electron chi connectivity index (χ1n) is 7.36. The normalized spacial score (nSPS) is 22.8. The Kier molecular flexibility index (Phi) is 3.45. The van der Waals surface area contributed by atoms with Gasteiger partial charge in [0.15, 0.2) is 0 Å². The lowest BCUT2D eigenvalue weighted by atomic mass is 9.91. The Morgan fingerprint density at radius 3 is 2.62 bits per heavy atom. The number of piperidine rings is 1. The molecule has 21 heavy (non-hydrogen) atoms. The van der Waals surface area contributed by atoms with Gasteiger partial charge in [0.1, 0.15) is 0 Å². The number of anilines is 1. The Labute approximate surface area is 123 Å². The molecule has 1 aromatic carbocycles. The largest absolute Gasteiger partial charge is 0.478 e. The fraction of sp³-hybridized carbons (Fsp3) is 0.500. The van der Waals surface area contributed by atoms with Crippen molar-refractivity contribution in [1.82, 2.24) is 5.32 Å². The average Bonchev–Trinajstić information content (AvgIpc) is 3.19. The number of rotatable bonds is 3. The van der Waals surface area contributed by atoms with Crippen molar-refractivity contribution in [3.8, 4) is 0 Å². The van der Waals surface area contributed by atoms with Crippen molar-refractivity contribution in [2.45, 2.75) is 19.3 Å². The second-order valence-corrected chi connectivity index (χ2v) is 6.09. The maximum absolute atomic E-state index is 12.7. The predicted octanol–water partition coefficient (Wildman–Crippen LogP) is 1.74. The molecule has 1 heterocycles. The summed E-state index contributed by atoms with van der Waals surface area (Å²) in [5, 5.41) is 12.6. The van der Waals surface area contributed by atoms with Crippen LogP contribution in [0, 0.1) is 11.3 Å². The smallest absolute Gasteiger partial charge is 0.337 e. The summed E-state index contributed by atoms with van der Waals surface area (Å²) in [5.41, 5.74) is 0.814. The second kappa shape index (κ2) is 5.15. The second-order valence-electron chi connectivity index (χ2n) is 6.09. The van der Waals surface area contributed by atoms with Crippen molar-refractivity contribution in [3.05, 3.63) is 29.8 Å². The zero-order chi connectivity index (χ0) is 15.0. The standard InChI is InChI=1S/C16H20N2O3/c1-18(13-5-3-2-4-11(13)15(20)21)14(19)12-10-16(12)6-8-17-9-7-16/h2-5,12,17H,6-10H2,1H3,(H,20,21). The lowest BCUT2D eigenvalue weighted by Gasteiger charge is -2.25. The number of nitrogens with one attached hydrogen (secondary N) is 1. The van der Waals surface area contributed by atoms with Crippen LogP contribution in [0.5, 0.6) is 0 Å². The summed E-state index contributed by atoms with van der Waals surface area (Å²) in [6.07, 6.45) is 3.02. The molecule has 5 nitrogen and oxygen atoms in total. The minimum absolute atomic E-state index is 0.0469. The highest BCUT2D eigenvalue weighted by Crippen LogP contribution is 2.59. The molecule has 1 aliphatic heterocycles. The Bertz CT molecular complexity index is 579. The molecule has 1 saturated heterocycles. The monoisotopic (exact) mass is 288 g/mol. The molecule has 1 saturated carbocycles. The lowest BCUT2D eigenvalue weighted by Crippen LogP contribution is -2.35. The first kappa shape index (κ1) is 14.1. The van der Waals surface area contributed by atoms with E-state index in [1.54, 1.807) is 25.2 Å². The summed E-state index contributed by atoms with van der Waals surface area (Å²) in [5.74, 6) is -0.908. The molecule has 0 radical (unpaired) electrons. The zero-order valence-electron chi connectivity index (χ0n) is 12.1. The van der Waals surface area contributed by atoms with Gasteiger partial charge in [-0.05, 0) is 49.9 Å². The molecular weight excluding hydrogens is 268 g/mol. The van der Waals surface area contributed by atoms with E-state index in [-0.39, 0.29) is 22.8 Å². The molecular formula is C16H20N2O3. The summed E-state index contributed by atoms with van der Waals surface area (Å²) in [7, 11) is 1.68. The molecule has 3 rings (SSSR count). The fourth-order valence-electron chi connectivity index (χ4n) is 3.47. The number of carbonyl (C=O) groups is 2. The molecule has 0 aromatic heterocycles. The minimum atomic E-state index is -1.00. The number of hydrogen-bond donors (Lipinski definition) is 2. The highest BCUT2D eigenvalue weighted by molar-refractivity contribution is 6.03. The van der Waals surface area contributed by atoms with E-state index in [2.05, 4.69) is 5.32 Å². The van der Waals surface area contributed by atoms with Crippen LogP contribution in [0.2, 0.25) is 0 Å². The van der Waals surface area contributed by atoms with Gasteiger partial charge in [-0.15, -0.1) is 0 Å². The fourth-order valence-corrected chi connectivity index (χ4v) is 3.47. The molecule has 2 aliphatic rings. The summed E-state index contributed by atoms with van der Waals surface area (Å²) in [4.78, 5) is 25.5. The molecule has 1 amide bonds. The summed E-state index contributed by atoms with van der Waals surface area (Å²) in [6.45, 7) is 1.94. The van der Waals surface area contributed by atoms with Gasteiger partial charge in [-0.3, -0.25) is 4.79 Å². The molecule has 2 fully saturated rings. The first-order valence-corrected chi connectivity index (χ1v) is 7.36. The lowest BCUT2D eigenvalue weighted by molar-refractivity contribution is -0.120. The Morgan fingerprint density at radius 2 is 1.95 bits per heavy atom. The third-order valence-electron chi connectivity index (χ3n) is 4.91. The number of amides is 1. The summed E-state index contributed by atoms with van der Waals surface area (Å²) >= 11 is 0. The number of carboxylic acid groups (broad SMARTS) is 1. The Morgan fingerprint density at radius 1 is 1.29 bits per heavy atom. The highest BCUT2D eigenvalue weighted by Gasteiger charge is 2.58. The van der Waals surface area contributed by atoms with E-state index in [0.717, 1.165) is 32.4 Å². The van der Waals surface area contributed by atoms with Crippen LogP contribution in [0.15, 0.2) is 24.3 Å². The van der Waals surface area contributed by atoms with E-state index >= 15 is 0 Å². The van der Waals surface area contributed by atoms with E-state index < -0.39 is 5.97 Å². The number of hydrogen-bond acceptors (Lipinski definition) is 3. The molecule has 2 N–H and O–H groups in total. The third kappa shape index (κ3) is 2.42. The van der Waals surface area contributed by atoms with E-state index in [1.807, 2.05) is 0 Å². The maximum Gasteiger partial charge on any atom is 0.337 e. The molecule has 5 heteroatoms. The van der Waals surface area contributed by atoms with Crippen LogP contribution in [0.1, 0.15) is 29.6 Å². The SMILES string of the molecule is CN(C(=O)C1CC12CCNCC2)c1ccccc1C(=O)O. The van der Waals surface area contributed by atoms with Gasteiger partial charge in [0.2, 0.25) is 5.91 Å². The van der Waals surface area contributed by atoms with Gasteiger partial charge in [0.05, 0.1) is 11.3 Å². The van der Waals surface area contributed by atoms with Gasteiger partial charge in [0.25, 0.3) is 0 Å². The van der Waals surface area contributed by atoms with Crippen molar-refractivity contribution >= 4 is 17.6 Å². The molecule has 1 aromatic rings.